The topological polar surface area (TPSA) is 74.4 Å². The molecule has 2 aromatic rings. The lowest BCUT2D eigenvalue weighted by Gasteiger charge is -2.18. The molecule has 0 aliphatic carbocycles. The van der Waals surface area contributed by atoms with E-state index < -0.39 is 5.97 Å². The van der Waals surface area contributed by atoms with E-state index >= 15 is 0 Å². The molecule has 1 aromatic carbocycles. The number of hydrogen-bond acceptors (Lipinski definition) is 4. The van der Waals surface area contributed by atoms with Gasteiger partial charge in [-0.15, -0.1) is 0 Å². The first-order valence-electron chi connectivity index (χ1n) is 9.51. The van der Waals surface area contributed by atoms with Crippen LogP contribution in [-0.4, -0.2) is 37.1 Å². The van der Waals surface area contributed by atoms with Crippen LogP contribution in [0.15, 0.2) is 24.3 Å². The van der Waals surface area contributed by atoms with Crippen LogP contribution >= 0.6 is 0 Å². The van der Waals surface area contributed by atoms with Crippen molar-refractivity contribution in [3.05, 3.63) is 46.8 Å². The van der Waals surface area contributed by atoms with Gasteiger partial charge in [-0.1, -0.05) is 19.4 Å². The molecule has 0 radical (unpaired) electrons. The lowest BCUT2D eigenvalue weighted by Crippen LogP contribution is -2.18. The zero-order valence-electron chi connectivity index (χ0n) is 16.2. The van der Waals surface area contributed by atoms with Crippen molar-refractivity contribution in [3.63, 3.8) is 0 Å². The van der Waals surface area contributed by atoms with Crippen molar-refractivity contribution < 1.29 is 14.3 Å². The van der Waals surface area contributed by atoms with Gasteiger partial charge in [0.05, 0.1) is 12.7 Å². The summed E-state index contributed by atoms with van der Waals surface area (Å²) in [6.07, 6.45) is 3.86. The van der Waals surface area contributed by atoms with Gasteiger partial charge < -0.3 is 19.9 Å². The predicted molar refractivity (Wildman–Crippen MR) is 107 cm³/mol. The number of esters is 1. The summed E-state index contributed by atoms with van der Waals surface area (Å²) >= 11 is 0. The van der Waals surface area contributed by atoms with Gasteiger partial charge in [-0.05, 0) is 49.9 Å². The molecule has 6 heteroatoms. The minimum Gasteiger partial charge on any atom is -0.465 e. The Balaban J connectivity index is 1.86. The lowest BCUT2D eigenvalue weighted by molar-refractivity contribution is 0.0599. The number of amides is 1. The van der Waals surface area contributed by atoms with Crippen molar-refractivity contribution in [2.75, 3.05) is 30.4 Å². The van der Waals surface area contributed by atoms with E-state index in [0.717, 1.165) is 36.4 Å². The van der Waals surface area contributed by atoms with Crippen LogP contribution in [0.2, 0.25) is 0 Å². The Morgan fingerprint density at radius 1 is 1.26 bits per heavy atom. The van der Waals surface area contributed by atoms with Gasteiger partial charge in [-0.3, -0.25) is 4.79 Å². The highest BCUT2D eigenvalue weighted by Gasteiger charge is 2.25. The molecule has 1 aliphatic rings. The molecule has 1 saturated heterocycles. The number of aromatic nitrogens is 1. The molecule has 6 nitrogen and oxygen atoms in total. The van der Waals surface area contributed by atoms with Crippen LogP contribution in [0.5, 0.6) is 0 Å². The highest BCUT2D eigenvalue weighted by atomic mass is 16.5. The molecular formula is C21H27N3O3. The maximum Gasteiger partial charge on any atom is 0.339 e. The average molecular weight is 369 g/mol. The molecule has 1 amide bonds. The summed E-state index contributed by atoms with van der Waals surface area (Å²) in [5.74, 6) is -0.655. The van der Waals surface area contributed by atoms with E-state index in [1.807, 2.05) is 25.1 Å². The van der Waals surface area contributed by atoms with Gasteiger partial charge in [0.15, 0.2) is 0 Å². The van der Waals surface area contributed by atoms with Crippen LogP contribution in [-0.2, 0) is 11.2 Å². The molecule has 2 N–H and O–H groups in total. The van der Waals surface area contributed by atoms with Gasteiger partial charge in [0.25, 0.3) is 5.91 Å². The fourth-order valence-electron chi connectivity index (χ4n) is 3.70. The molecule has 0 atom stereocenters. The summed E-state index contributed by atoms with van der Waals surface area (Å²) in [4.78, 5) is 30.5. The van der Waals surface area contributed by atoms with Gasteiger partial charge in [-0.2, -0.15) is 0 Å². The Bertz CT molecular complexity index is 835. The minimum atomic E-state index is -0.415. The number of anilines is 2. The number of H-pyrrole nitrogens is 1. The number of hydrogen-bond donors (Lipinski definition) is 2. The van der Waals surface area contributed by atoms with Crippen LogP contribution in [0, 0.1) is 6.92 Å². The van der Waals surface area contributed by atoms with Crippen LogP contribution in [0.1, 0.15) is 58.3 Å². The SMILES string of the molecule is CCCc1c(C(=O)Nc2cccc(N3CCCC3)c2)[nH]c(C)c1C(=O)OC. The zero-order valence-corrected chi connectivity index (χ0v) is 16.2. The summed E-state index contributed by atoms with van der Waals surface area (Å²) in [6, 6.07) is 7.90. The first-order chi connectivity index (χ1) is 13.0. The number of ether oxygens (including phenoxy) is 1. The third kappa shape index (κ3) is 3.99. The highest BCUT2D eigenvalue weighted by Crippen LogP contribution is 2.25. The van der Waals surface area contributed by atoms with E-state index in [0.29, 0.717) is 23.4 Å². The van der Waals surface area contributed by atoms with Crippen molar-refractivity contribution in [2.45, 2.75) is 39.5 Å². The maximum atomic E-state index is 12.9. The van der Waals surface area contributed by atoms with E-state index in [-0.39, 0.29) is 5.91 Å². The van der Waals surface area contributed by atoms with Crippen LogP contribution in [0.4, 0.5) is 11.4 Å². The largest absolute Gasteiger partial charge is 0.465 e. The zero-order chi connectivity index (χ0) is 19.4. The third-order valence-corrected chi connectivity index (χ3v) is 4.98. The fourth-order valence-corrected chi connectivity index (χ4v) is 3.70. The molecule has 1 fully saturated rings. The van der Waals surface area contributed by atoms with Crippen molar-refractivity contribution in [1.29, 1.82) is 0 Å². The van der Waals surface area contributed by atoms with Crippen LogP contribution < -0.4 is 10.2 Å². The second-order valence-electron chi connectivity index (χ2n) is 6.92. The van der Waals surface area contributed by atoms with Gasteiger partial charge >= 0.3 is 5.97 Å². The molecule has 0 saturated carbocycles. The third-order valence-electron chi connectivity index (χ3n) is 4.98. The summed E-state index contributed by atoms with van der Waals surface area (Å²) in [7, 11) is 1.36. The normalized spacial score (nSPS) is 13.7. The van der Waals surface area contributed by atoms with Crippen molar-refractivity contribution >= 4 is 23.3 Å². The minimum absolute atomic E-state index is 0.240. The number of aromatic amines is 1. The van der Waals surface area contributed by atoms with E-state index in [1.54, 1.807) is 6.92 Å². The van der Waals surface area contributed by atoms with E-state index in [9.17, 15) is 9.59 Å². The molecule has 0 spiro atoms. The number of carbonyl (C=O) groups excluding carboxylic acids is 2. The first kappa shape index (κ1) is 19.0. The van der Waals surface area contributed by atoms with Crippen LogP contribution in [0.25, 0.3) is 0 Å². The number of nitrogens with one attached hydrogen (secondary N) is 2. The second kappa shape index (κ2) is 8.29. The number of rotatable bonds is 6. The summed E-state index contributed by atoms with van der Waals surface area (Å²) in [5.41, 5.74) is 4.14. The summed E-state index contributed by atoms with van der Waals surface area (Å²) in [5, 5.41) is 2.97. The first-order valence-corrected chi connectivity index (χ1v) is 9.51. The van der Waals surface area contributed by atoms with E-state index in [4.69, 9.17) is 4.74 Å². The molecule has 1 aromatic heterocycles. The Morgan fingerprint density at radius 2 is 2.00 bits per heavy atom. The molecule has 0 bridgehead atoms. The van der Waals surface area contributed by atoms with Gasteiger partial charge in [0.1, 0.15) is 5.69 Å². The van der Waals surface area contributed by atoms with Crippen molar-refractivity contribution in [3.8, 4) is 0 Å². The van der Waals surface area contributed by atoms with E-state index in [2.05, 4.69) is 21.3 Å². The molecule has 144 valence electrons. The number of nitrogens with zero attached hydrogens (tertiary/aromatic N) is 1. The molecule has 2 heterocycles. The fraction of sp³-hybridized carbons (Fsp3) is 0.429. The van der Waals surface area contributed by atoms with Gasteiger partial charge in [-0.25, -0.2) is 4.79 Å². The molecular weight excluding hydrogens is 342 g/mol. The van der Waals surface area contributed by atoms with Gasteiger partial charge in [0, 0.05) is 30.2 Å². The second-order valence-corrected chi connectivity index (χ2v) is 6.92. The van der Waals surface area contributed by atoms with Crippen molar-refractivity contribution in [2.24, 2.45) is 0 Å². The number of methoxy groups -OCH3 is 1. The van der Waals surface area contributed by atoms with Crippen LogP contribution in [0.3, 0.4) is 0 Å². The predicted octanol–water partition coefficient (Wildman–Crippen LogP) is 3.91. The average Bonchev–Trinajstić information content (AvgIpc) is 3.30. The maximum absolute atomic E-state index is 12.9. The quantitative estimate of drug-likeness (QED) is 0.757. The highest BCUT2D eigenvalue weighted by molar-refractivity contribution is 6.07. The Morgan fingerprint density at radius 3 is 2.67 bits per heavy atom. The Kier molecular flexibility index (Phi) is 5.84. The number of carbonyl (C=O) groups is 2. The standard InChI is InChI=1S/C21H27N3O3/c1-4-8-17-18(21(26)27-3)14(2)22-19(17)20(25)23-15-9-7-10-16(13-15)24-11-5-6-12-24/h7,9-10,13,22H,4-6,8,11-12H2,1-3H3,(H,23,25). The Hall–Kier alpha value is -2.76. The molecule has 1 aliphatic heterocycles. The lowest BCUT2D eigenvalue weighted by atomic mass is 10.0. The van der Waals surface area contributed by atoms with Gasteiger partial charge in [0.2, 0.25) is 0 Å². The molecule has 3 rings (SSSR count). The summed E-state index contributed by atoms with van der Waals surface area (Å²) in [6.45, 7) is 5.91. The van der Waals surface area contributed by atoms with Crippen molar-refractivity contribution in [1.82, 2.24) is 4.98 Å². The van der Waals surface area contributed by atoms with E-state index in [1.165, 1.54) is 20.0 Å². The Labute approximate surface area is 159 Å². The smallest absolute Gasteiger partial charge is 0.339 e. The molecule has 27 heavy (non-hydrogen) atoms. The monoisotopic (exact) mass is 369 g/mol. The number of aryl methyl sites for hydroxylation is 1. The summed E-state index contributed by atoms with van der Waals surface area (Å²) < 4.78 is 4.89. The molecule has 0 unspecified atom stereocenters. The number of benzene rings is 1.